The van der Waals surface area contributed by atoms with Crippen LogP contribution < -0.4 is 11.1 Å². The first-order chi connectivity index (χ1) is 10.1. The fourth-order valence-electron chi connectivity index (χ4n) is 3.96. The molecular formula is C16H31N3O2. The third-order valence-electron chi connectivity index (χ3n) is 5.00. The van der Waals surface area contributed by atoms with Gasteiger partial charge >= 0.3 is 0 Å². The Kier molecular flexibility index (Phi) is 5.88. The molecule has 2 saturated carbocycles. The van der Waals surface area contributed by atoms with E-state index >= 15 is 0 Å². The molecule has 0 heterocycles. The number of rotatable bonds is 6. The van der Waals surface area contributed by atoms with Crippen molar-refractivity contribution in [3.8, 4) is 0 Å². The minimum Gasteiger partial charge on any atom is -0.383 e. The van der Waals surface area contributed by atoms with Gasteiger partial charge in [0.25, 0.3) is 0 Å². The van der Waals surface area contributed by atoms with Crippen molar-refractivity contribution in [2.24, 2.45) is 16.1 Å². The van der Waals surface area contributed by atoms with Crippen LogP contribution in [-0.2, 0) is 9.47 Å². The lowest BCUT2D eigenvalue weighted by Crippen LogP contribution is -2.59. The highest BCUT2D eigenvalue weighted by molar-refractivity contribution is 5.78. The van der Waals surface area contributed by atoms with Crippen LogP contribution in [0, 0.1) is 5.41 Å². The fourth-order valence-corrected chi connectivity index (χ4v) is 3.96. The van der Waals surface area contributed by atoms with Crippen LogP contribution >= 0.6 is 0 Å². The first-order valence-electron chi connectivity index (χ1n) is 8.32. The van der Waals surface area contributed by atoms with Crippen LogP contribution in [0.5, 0.6) is 0 Å². The van der Waals surface area contributed by atoms with Gasteiger partial charge in [-0.3, -0.25) is 0 Å². The molecule has 0 aromatic heterocycles. The van der Waals surface area contributed by atoms with E-state index in [0.717, 1.165) is 13.0 Å². The Morgan fingerprint density at radius 2 is 2.10 bits per heavy atom. The maximum absolute atomic E-state index is 6.07. The molecule has 122 valence electrons. The predicted octanol–water partition coefficient (Wildman–Crippen LogP) is 2.05. The second kappa shape index (κ2) is 7.45. The molecular weight excluding hydrogens is 266 g/mol. The van der Waals surface area contributed by atoms with Crippen LogP contribution in [0.1, 0.15) is 52.4 Å². The van der Waals surface area contributed by atoms with Crippen molar-refractivity contribution < 1.29 is 9.47 Å². The largest absolute Gasteiger partial charge is 0.383 e. The lowest BCUT2D eigenvalue weighted by molar-refractivity contribution is -0.139. The molecule has 2 rings (SSSR count). The van der Waals surface area contributed by atoms with Crippen LogP contribution in [0.4, 0.5) is 0 Å². The summed E-state index contributed by atoms with van der Waals surface area (Å²) in [7, 11) is 1.70. The van der Waals surface area contributed by atoms with E-state index in [4.69, 9.17) is 20.2 Å². The van der Waals surface area contributed by atoms with Crippen LogP contribution in [-0.4, -0.2) is 44.5 Å². The highest BCUT2D eigenvalue weighted by Crippen LogP contribution is 2.54. The van der Waals surface area contributed by atoms with Gasteiger partial charge in [0.05, 0.1) is 18.8 Å². The summed E-state index contributed by atoms with van der Waals surface area (Å²) in [6.07, 6.45) is 7.77. The summed E-state index contributed by atoms with van der Waals surface area (Å²) in [4.78, 5) is 4.76. The van der Waals surface area contributed by atoms with Crippen molar-refractivity contribution >= 4 is 5.96 Å². The number of nitrogens with one attached hydrogen (secondary N) is 1. The number of nitrogens with zero attached hydrogens (tertiary/aromatic N) is 1. The van der Waals surface area contributed by atoms with E-state index in [2.05, 4.69) is 12.2 Å². The molecule has 0 bridgehead atoms. The first kappa shape index (κ1) is 16.6. The number of hydrogen-bond donors (Lipinski definition) is 2. The molecule has 3 unspecified atom stereocenters. The standard InChI is InChI=1S/C16H31N3O2/c1-4-21-14-10-13(16(14)8-6-5-7-9-16)19-15(17)18-12(2)11-20-3/h12-14H,4-11H2,1-3H3,(H3,17,18,19). The Balaban J connectivity index is 1.98. The zero-order valence-corrected chi connectivity index (χ0v) is 13.7. The molecule has 21 heavy (non-hydrogen) atoms. The molecule has 3 atom stereocenters. The third kappa shape index (κ3) is 3.69. The predicted molar refractivity (Wildman–Crippen MR) is 85.4 cm³/mol. The van der Waals surface area contributed by atoms with E-state index in [9.17, 15) is 0 Å². The average molecular weight is 297 g/mol. The smallest absolute Gasteiger partial charge is 0.189 e. The normalized spacial score (nSPS) is 30.0. The average Bonchev–Trinajstić information content (AvgIpc) is 2.47. The van der Waals surface area contributed by atoms with Crippen molar-refractivity contribution in [3.63, 3.8) is 0 Å². The number of nitrogens with two attached hydrogens (primary N) is 1. The van der Waals surface area contributed by atoms with Gasteiger partial charge in [0.2, 0.25) is 0 Å². The van der Waals surface area contributed by atoms with Crippen LogP contribution in [0.3, 0.4) is 0 Å². The van der Waals surface area contributed by atoms with Crippen molar-refractivity contribution in [1.29, 1.82) is 0 Å². The molecule has 0 aromatic carbocycles. The lowest BCUT2D eigenvalue weighted by Gasteiger charge is -2.56. The molecule has 2 fully saturated rings. The van der Waals surface area contributed by atoms with Crippen molar-refractivity contribution in [1.82, 2.24) is 5.32 Å². The minimum absolute atomic E-state index is 0.184. The van der Waals surface area contributed by atoms with Crippen LogP contribution in [0.15, 0.2) is 4.99 Å². The Labute approximate surface area is 128 Å². The van der Waals surface area contributed by atoms with Gasteiger partial charge in [0.15, 0.2) is 5.96 Å². The Morgan fingerprint density at radius 3 is 2.71 bits per heavy atom. The van der Waals surface area contributed by atoms with Gasteiger partial charge in [-0.15, -0.1) is 0 Å². The van der Waals surface area contributed by atoms with E-state index in [1.54, 1.807) is 7.11 Å². The summed E-state index contributed by atoms with van der Waals surface area (Å²) in [5, 5.41) is 3.21. The van der Waals surface area contributed by atoms with E-state index in [0.29, 0.717) is 24.7 Å². The van der Waals surface area contributed by atoms with E-state index in [1.165, 1.54) is 32.1 Å². The zero-order chi connectivity index (χ0) is 15.3. The molecule has 0 radical (unpaired) electrons. The van der Waals surface area contributed by atoms with Crippen molar-refractivity contribution in [2.75, 3.05) is 20.3 Å². The van der Waals surface area contributed by atoms with E-state index in [-0.39, 0.29) is 11.5 Å². The van der Waals surface area contributed by atoms with Gasteiger partial charge in [-0.05, 0) is 33.1 Å². The molecule has 2 aliphatic rings. The lowest BCUT2D eigenvalue weighted by atomic mass is 9.55. The molecule has 1 spiro atoms. The second-order valence-electron chi connectivity index (χ2n) is 6.50. The quantitative estimate of drug-likeness (QED) is 0.581. The number of ether oxygens (including phenoxy) is 2. The maximum atomic E-state index is 6.07. The fraction of sp³-hybridized carbons (Fsp3) is 0.938. The van der Waals surface area contributed by atoms with Crippen molar-refractivity contribution in [2.45, 2.75) is 70.6 Å². The number of guanidine groups is 1. The summed E-state index contributed by atoms with van der Waals surface area (Å²) in [5.41, 5.74) is 6.31. The van der Waals surface area contributed by atoms with Gasteiger partial charge in [-0.25, -0.2) is 4.99 Å². The first-order valence-corrected chi connectivity index (χ1v) is 8.32. The molecule has 3 N–H and O–H groups in total. The van der Waals surface area contributed by atoms with Gasteiger partial charge in [0, 0.05) is 25.2 Å². The van der Waals surface area contributed by atoms with Gasteiger partial charge in [-0.1, -0.05) is 19.3 Å². The summed E-state index contributed by atoms with van der Waals surface area (Å²) in [6, 6.07) is 0.500. The molecule has 5 heteroatoms. The molecule has 2 aliphatic carbocycles. The van der Waals surface area contributed by atoms with Gasteiger partial charge in [-0.2, -0.15) is 0 Å². The monoisotopic (exact) mass is 297 g/mol. The highest BCUT2D eigenvalue weighted by atomic mass is 16.5. The molecule has 0 saturated heterocycles. The molecule has 0 aromatic rings. The summed E-state index contributed by atoms with van der Waals surface area (Å²) in [6.45, 7) is 5.55. The summed E-state index contributed by atoms with van der Waals surface area (Å²) >= 11 is 0. The Hall–Kier alpha value is -0.810. The van der Waals surface area contributed by atoms with Crippen LogP contribution in [0.2, 0.25) is 0 Å². The summed E-state index contributed by atoms with van der Waals surface area (Å²) in [5.74, 6) is 0.546. The zero-order valence-electron chi connectivity index (χ0n) is 13.7. The molecule has 0 aliphatic heterocycles. The number of methoxy groups -OCH3 is 1. The highest BCUT2D eigenvalue weighted by Gasteiger charge is 2.55. The number of aliphatic imine (C=N–C) groups is 1. The molecule has 0 amide bonds. The minimum atomic E-state index is 0.184. The van der Waals surface area contributed by atoms with E-state index < -0.39 is 0 Å². The van der Waals surface area contributed by atoms with Gasteiger partial charge in [0.1, 0.15) is 0 Å². The Morgan fingerprint density at radius 1 is 1.38 bits per heavy atom. The second-order valence-corrected chi connectivity index (χ2v) is 6.50. The third-order valence-corrected chi connectivity index (χ3v) is 5.00. The number of hydrogen-bond acceptors (Lipinski definition) is 3. The van der Waals surface area contributed by atoms with E-state index in [1.807, 2.05) is 6.92 Å². The maximum Gasteiger partial charge on any atom is 0.189 e. The van der Waals surface area contributed by atoms with Crippen molar-refractivity contribution in [3.05, 3.63) is 0 Å². The SMILES string of the molecule is CCOC1CC(N=C(N)NC(C)COC)C12CCCCC2. The summed E-state index contributed by atoms with van der Waals surface area (Å²) < 4.78 is 11.1. The van der Waals surface area contributed by atoms with Gasteiger partial charge < -0.3 is 20.5 Å². The topological polar surface area (TPSA) is 68.9 Å². The van der Waals surface area contributed by atoms with Crippen LogP contribution in [0.25, 0.3) is 0 Å². The molecule has 5 nitrogen and oxygen atoms in total. The Bertz CT molecular complexity index is 353.